The van der Waals surface area contributed by atoms with Gasteiger partial charge in [0.2, 0.25) is 0 Å². The molecule has 3 saturated carbocycles. The molecule has 20 nitrogen and oxygen atoms in total. The van der Waals surface area contributed by atoms with Gasteiger partial charge in [-0.05, 0) is 164 Å². The van der Waals surface area contributed by atoms with Crippen molar-refractivity contribution >= 4 is 23.7 Å². The van der Waals surface area contributed by atoms with Crippen LogP contribution < -0.4 is 0 Å². The molecule has 0 aromatic carbocycles. The largest absolute Gasteiger partial charge is 0.464 e. The summed E-state index contributed by atoms with van der Waals surface area (Å²) in [4.78, 5) is 59.2. The van der Waals surface area contributed by atoms with Crippen LogP contribution >= 0.6 is 0 Å². The number of fused-ring (bicyclic) bond motifs is 5. The van der Waals surface area contributed by atoms with Crippen molar-refractivity contribution in [2.24, 2.45) is 46.3 Å². The van der Waals surface area contributed by atoms with Gasteiger partial charge in [-0.2, -0.15) is 0 Å². The van der Waals surface area contributed by atoms with Gasteiger partial charge in [-0.15, -0.1) is 0 Å². The van der Waals surface area contributed by atoms with Crippen LogP contribution in [0.15, 0.2) is 23.8 Å². The Bertz CT molecular complexity index is 2440. The maximum atomic E-state index is 17.8. The number of unbranched alkanes of at least 4 members (excludes halogenated alkanes) is 1. The fourth-order valence-electron chi connectivity index (χ4n) is 16.7. The Morgan fingerprint density at radius 1 is 0.871 bits per heavy atom. The van der Waals surface area contributed by atoms with Crippen LogP contribution in [0, 0.1) is 46.3 Å². The quantitative estimate of drug-likeness (QED) is 0.0711. The third-order valence-corrected chi connectivity index (χ3v) is 22.0. The van der Waals surface area contributed by atoms with Gasteiger partial charge < -0.3 is 78.3 Å². The van der Waals surface area contributed by atoms with Crippen LogP contribution in [0.2, 0.25) is 0 Å². The monoisotopic (exact) mass is 1210 g/mol. The molecule has 0 aromatic heterocycles. The number of aliphatic hydroxyl groups excluding tert-OH is 3. The van der Waals surface area contributed by atoms with Gasteiger partial charge in [-0.3, -0.25) is 14.4 Å². The fourth-order valence-corrected chi connectivity index (χ4v) is 16.7. The summed E-state index contributed by atoms with van der Waals surface area (Å²) in [6.07, 6.45) is -5.63. The van der Waals surface area contributed by atoms with Crippen LogP contribution in [-0.2, 0) is 57.1 Å². The molecule has 0 aromatic rings. The number of alkyl halides is 1. The predicted octanol–water partition coefficient (Wildman–Crippen LogP) is 5.51. The topological polar surface area (TPSA) is 270 Å². The van der Waals surface area contributed by atoms with E-state index in [1.165, 1.54) is 26.2 Å². The van der Waals surface area contributed by atoms with Crippen molar-refractivity contribution in [3.05, 3.63) is 23.8 Å². The smallest absolute Gasteiger partial charge is 0.338 e. The number of rotatable bonds is 14. The van der Waals surface area contributed by atoms with Gasteiger partial charge in [0.15, 0.2) is 35.7 Å². The minimum absolute atomic E-state index is 0.0493. The number of carbonyl (C=O) groups is 4. The third kappa shape index (κ3) is 12.9. The first-order chi connectivity index (χ1) is 39.4. The molecule has 3 aliphatic heterocycles. The molecule has 7 rings (SSSR count). The summed E-state index contributed by atoms with van der Waals surface area (Å²) in [6, 6.07) is -1.08. The van der Waals surface area contributed by atoms with Crippen LogP contribution in [0.3, 0.4) is 0 Å². The average Bonchev–Trinajstić information content (AvgIpc) is 1.71. The van der Waals surface area contributed by atoms with Crippen LogP contribution in [-0.4, -0.2) is 213 Å². The van der Waals surface area contributed by atoms with E-state index in [1.807, 2.05) is 44.8 Å². The minimum Gasteiger partial charge on any atom is -0.464 e. The SMILES string of the molecule is CC[C@H]1OC(=O)[C@H](C)[C@@H](OC2C[C@](C)(OC)[C@H](O)C(C)O2)[C@H](C)[C@@H](OC2OC(C)C[C@@H](N(C)C)[C@H]2OC(=O)CCCCOC(=O)[C@@]2(O)[C@H](C)CC3C4CCC5=CC(=O)C=C[C@]5(C)[C@@]4(F)[C@@H](O)C[C@@]32C)[C@](C)(O)C[C@@H](C)CN(C)[C@H](C)[C@@H](O)[C@]1(C)O. The molecule has 3 heterocycles. The van der Waals surface area contributed by atoms with E-state index in [-0.39, 0.29) is 63.3 Å². The number of hydrogen-bond acceptors (Lipinski definition) is 20. The molecule has 0 bridgehead atoms. The van der Waals surface area contributed by atoms with Crippen molar-refractivity contribution in [3.8, 4) is 0 Å². The van der Waals surface area contributed by atoms with E-state index in [1.54, 1.807) is 75.3 Å². The molecule has 6 fully saturated rings. The number of ketones is 1. The van der Waals surface area contributed by atoms with E-state index < -0.39 is 166 Å². The molecule has 21 heteroatoms. The summed E-state index contributed by atoms with van der Waals surface area (Å²) in [7, 11) is 7.00. The first-order valence-electron chi connectivity index (χ1n) is 31.3. The number of allylic oxidation sites excluding steroid dienone is 4. The van der Waals surface area contributed by atoms with Crippen LogP contribution in [0.5, 0.6) is 0 Å². The van der Waals surface area contributed by atoms with Crippen molar-refractivity contribution in [3.63, 3.8) is 0 Å². The molecule has 6 unspecified atom stereocenters. The van der Waals surface area contributed by atoms with E-state index in [9.17, 15) is 49.8 Å². The molecular formula is C64H105FN2O18. The number of cyclic esters (lactones) is 1. The number of halogens is 1. The Morgan fingerprint density at radius 3 is 2.18 bits per heavy atom. The number of aliphatic hydroxyl groups is 6. The summed E-state index contributed by atoms with van der Waals surface area (Å²) in [6.45, 7) is 22.7. The summed E-state index contributed by atoms with van der Waals surface area (Å²) in [5.74, 6) is -6.55. The lowest BCUT2D eigenvalue weighted by atomic mass is 9.45. The van der Waals surface area contributed by atoms with E-state index in [0.29, 0.717) is 37.8 Å². The molecule has 0 amide bonds. The molecule has 3 saturated heterocycles. The zero-order chi connectivity index (χ0) is 63.5. The molecule has 486 valence electrons. The number of carbonyl (C=O) groups excluding carboxylic acids is 4. The van der Waals surface area contributed by atoms with Crippen molar-refractivity contribution in [1.29, 1.82) is 0 Å². The molecule has 0 spiro atoms. The molecule has 0 radical (unpaired) electrons. The first kappa shape index (κ1) is 69.4. The van der Waals surface area contributed by atoms with E-state index in [0.717, 1.165) is 0 Å². The molecule has 4 aliphatic carbocycles. The van der Waals surface area contributed by atoms with Crippen LogP contribution in [0.1, 0.15) is 161 Å². The number of ether oxygens (including phenoxy) is 8. The molecule has 85 heavy (non-hydrogen) atoms. The highest BCUT2D eigenvalue weighted by molar-refractivity contribution is 6.01. The van der Waals surface area contributed by atoms with Gasteiger partial charge in [0.25, 0.3) is 0 Å². The standard InChI is InChI=1S/C64H105FN2O18/c1-18-47-62(13,76)52(71)39(7)67(16)33-34(2)30-60(11,75)54(37(5)50(38(6)55(73)82-47)84-49-32-61(12,78-17)53(72)40(8)81-49)85-56-51(45(66(14)15)28-36(4)80-56)83-48(70)21-19-20-26-79-57(74)64(77)35(3)27-44-43-23-22-41-29-42(68)24-25-58(41,9)63(43,65)46(69)31-59(44,64)10/h24-25,29,34-40,43-47,49-54,56,69,71-72,75-77H,18-23,26-28,30-33H2,1-17H3/t34-,35-,36?,37+,38-,39-,40?,43?,44?,45-,46+,47-,49?,50+,51-,52-,53-,54-,56?,58+,59+,60-,61+,62-,63+,64+/m1/s1. The van der Waals surface area contributed by atoms with Crippen LogP contribution in [0.4, 0.5) is 4.39 Å². The van der Waals surface area contributed by atoms with Gasteiger partial charge >= 0.3 is 17.9 Å². The predicted molar refractivity (Wildman–Crippen MR) is 311 cm³/mol. The number of nitrogens with zero attached hydrogens (tertiary/aromatic N) is 2. The van der Waals surface area contributed by atoms with Crippen molar-refractivity contribution in [2.45, 2.75) is 268 Å². The van der Waals surface area contributed by atoms with Crippen molar-refractivity contribution < 1.29 is 92.1 Å². The van der Waals surface area contributed by atoms with Gasteiger partial charge in [0.05, 0.1) is 60.3 Å². The highest BCUT2D eigenvalue weighted by Gasteiger charge is 2.76. The Morgan fingerprint density at radius 2 is 1.54 bits per heavy atom. The minimum atomic E-state index is -2.13. The Balaban J connectivity index is 1.10. The Hall–Kier alpha value is -3.03. The highest BCUT2D eigenvalue weighted by Crippen LogP contribution is 2.71. The van der Waals surface area contributed by atoms with E-state index in [4.69, 9.17) is 37.9 Å². The van der Waals surface area contributed by atoms with Gasteiger partial charge in [-0.25, -0.2) is 9.18 Å². The summed E-state index contributed by atoms with van der Waals surface area (Å²) in [5, 5.41) is 72.3. The maximum Gasteiger partial charge on any atom is 0.338 e. The lowest BCUT2D eigenvalue weighted by molar-refractivity contribution is -0.319. The first-order valence-corrected chi connectivity index (χ1v) is 31.3. The summed E-state index contributed by atoms with van der Waals surface area (Å²) in [5.41, 5.74) is -10.7. The number of hydrogen-bond donors (Lipinski definition) is 6. The third-order valence-electron chi connectivity index (χ3n) is 22.0. The number of esters is 3. The zero-order valence-electron chi connectivity index (χ0n) is 53.7. The summed E-state index contributed by atoms with van der Waals surface area (Å²) >= 11 is 0. The molecule has 6 N–H and O–H groups in total. The molecular weight excluding hydrogens is 1100 g/mol. The normalized spacial score (nSPS) is 48.4. The molecule has 26 atom stereocenters. The second-order valence-corrected chi connectivity index (χ2v) is 28.4. The van der Waals surface area contributed by atoms with Gasteiger partial charge in [0, 0.05) is 55.2 Å². The second kappa shape index (κ2) is 26.1. The lowest BCUT2D eigenvalue weighted by Crippen LogP contribution is -2.69. The Labute approximate surface area is 503 Å². The van der Waals surface area contributed by atoms with E-state index in [2.05, 4.69) is 0 Å². The molecule has 7 aliphatic rings. The van der Waals surface area contributed by atoms with Crippen molar-refractivity contribution in [2.75, 3.05) is 41.4 Å². The highest BCUT2D eigenvalue weighted by atomic mass is 19.1. The number of methoxy groups -OCH3 is 1. The maximum absolute atomic E-state index is 17.8. The average molecular weight is 1210 g/mol. The zero-order valence-corrected chi connectivity index (χ0v) is 53.7. The van der Waals surface area contributed by atoms with Crippen LogP contribution in [0.25, 0.3) is 0 Å². The van der Waals surface area contributed by atoms with E-state index >= 15 is 4.39 Å². The Kier molecular flexibility index (Phi) is 21.3. The van der Waals surface area contributed by atoms with Gasteiger partial charge in [-0.1, -0.05) is 46.3 Å². The fraction of sp³-hybridized carbons (Fsp3) is 0.875. The van der Waals surface area contributed by atoms with Crippen molar-refractivity contribution in [1.82, 2.24) is 9.80 Å². The lowest BCUT2D eigenvalue weighted by Gasteiger charge is -2.62. The second-order valence-electron chi connectivity index (χ2n) is 28.4. The van der Waals surface area contributed by atoms with Gasteiger partial charge in [0.1, 0.15) is 23.9 Å². The summed E-state index contributed by atoms with van der Waals surface area (Å²) < 4.78 is 68.8. The number of likely N-dealkylation sites (N-methyl/N-ethyl adjacent to an activating group) is 2.